The lowest BCUT2D eigenvalue weighted by molar-refractivity contribution is -0.129. The summed E-state index contributed by atoms with van der Waals surface area (Å²) < 4.78 is 5.69. The quantitative estimate of drug-likeness (QED) is 0.920. The minimum absolute atomic E-state index is 0.0233. The maximum Gasteiger partial charge on any atom is 0.251 e. The number of amides is 2. The van der Waals surface area contributed by atoms with Crippen LogP contribution in [0.25, 0.3) is 0 Å². The summed E-state index contributed by atoms with van der Waals surface area (Å²) >= 11 is 0. The van der Waals surface area contributed by atoms with Gasteiger partial charge in [0.05, 0.1) is 6.54 Å². The molecule has 1 saturated heterocycles. The van der Waals surface area contributed by atoms with E-state index in [1.165, 1.54) is 0 Å². The fourth-order valence-corrected chi connectivity index (χ4v) is 2.64. The SMILES string of the molecule is O=C(NCC(=O)N1CCCC1)c1ccc(Oc2ccccc2)cc1. The van der Waals surface area contributed by atoms with Gasteiger partial charge in [0.2, 0.25) is 5.91 Å². The van der Waals surface area contributed by atoms with Crippen LogP contribution in [-0.4, -0.2) is 36.3 Å². The average Bonchev–Trinajstić information content (AvgIpc) is 3.16. The molecule has 0 spiro atoms. The zero-order valence-electron chi connectivity index (χ0n) is 13.4. The van der Waals surface area contributed by atoms with Crippen molar-refractivity contribution in [3.8, 4) is 11.5 Å². The summed E-state index contributed by atoms with van der Waals surface area (Å²) in [7, 11) is 0. The van der Waals surface area contributed by atoms with Gasteiger partial charge in [0.25, 0.3) is 5.91 Å². The lowest BCUT2D eigenvalue weighted by Crippen LogP contribution is -2.38. The third kappa shape index (κ3) is 4.13. The number of hydrogen-bond acceptors (Lipinski definition) is 3. The van der Waals surface area contributed by atoms with Crippen LogP contribution in [0.15, 0.2) is 54.6 Å². The van der Waals surface area contributed by atoms with Gasteiger partial charge in [0, 0.05) is 18.7 Å². The molecule has 1 fully saturated rings. The van der Waals surface area contributed by atoms with Gasteiger partial charge >= 0.3 is 0 Å². The summed E-state index contributed by atoms with van der Waals surface area (Å²) in [5, 5.41) is 2.67. The number of carbonyl (C=O) groups excluding carboxylic acids is 2. The molecule has 124 valence electrons. The van der Waals surface area contributed by atoms with Crippen LogP contribution in [0.4, 0.5) is 0 Å². The first-order valence-electron chi connectivity index (χ1n) is 8.11. The van der Waals surface area contributed by atoms with Gasteiger partial charge in [0.15, 0.2) is 0 Å². The maximum atomic E-state index is 12.1. The van der Waals surface area contributed by atoms with Crippen LogP contribution in [0.2, 0.25) is 0 Å². The first kappa shape index (κ1) is 16.1. The molecule has 0 aromatic heterocycles. The molecule has 0 saturated carbocycles. The van der Waals surface area contributed by atoms with E-state index < -0.39 is 0 Å². The number of rotatable bonds is 5. The third-order valence-electron chi connectivity index (χ3n) is 3.95. The molecule has 5 heteroatoms. The molecule has 0 bridgehead atoms. The molecule has 0 atom stereocenters. The Hall–Kier alpha value is -2.82. The Morgan fingerprint density at radius 1 is 0.917 bits per heavy atom. The van der Waals surface area contributed by atoms with E-state index in [2.05, 4.69) is 5.32 Å². The Bertz CT molecular complexity index is 692. The van der Waals surface area contributed by atoms with Crippen LogP contribution in [0, 0.1) is 0 Å². The van der Waals surface area contributed by atoms with E-state index in [1.54, 1.807) is 29.2 Å². The number of hydrogen-bond donors (Lipinski definition) is 1. The maximum absolute atomic E-state index is 12.1. The molecule has 5 nitrogen and oxygen atoms in total. The van der Waals surface area contributed by atoms with Gasteiger partial charge in [-0.1, -0.05) is 18.2 Å². The Kier molecular flexibility index (Phi) is 5.11. The minimum atomic E-state index is -0.256. The summed E-state index contributed by atoms with van der Waals surface area (Å²) in [5.74, 6) is 1.12. The number of nitrogens with one attached hydrogen (secondary N) is 1. The van der Waals surface area contributed by atoms with E-state index in [-0.39, 0.29) is 18.4 Å². The van der Waals surface area contributed by atoms with Crippen LogP contribution in [0.3, 0.4) is 0 Å². The lowest BCUT2D eigenvalue weighted by Gasteiger charge is -2.15. The average molecular weight is 324 g/mol. The van der Waals surface area contributed by atoms with Gasteiger partial charge in [-0.2, -0.15) is 0 Å². The minimum Gasteiger partial charge on any atom is -0.457 e. The Balaban J connectivity index is 1.52. The molecule has 24 heavy (non-hydrogen) atoms. The Morgan fingerprint density at radius 3 is 2.21 bits per heavy atom. The number of likely N-dealkylation sites (tertiary alicyclic amines) is 1. The van der Waals surface area contributed by atoms with Crippen molar-refractivity contribution < 1.29 is 14.3 Å². The van der Waals surface area contributed by atoms with Gasteiger partial charge < -0.3 is 15.0 Å². The molecular formula is C19H20N2O3. The highest BCUT2D eigenvalue weighted by molar-refractivity contribution is 5.96. The van der Waals surface area contributed by atoms with Gasteiger partial charge in [-0.25, -0.2) is 0 Å². The van der Waals surface area contributed by atoms with Gasteiger partial charge in [-0.05, 0) is 49.2 Å². The van der Waals surface area contributed by atoms with Crippen LogP contribution in [0.1, 0.15) is 23.2 Å². The second-order valence-electron chi connectivity index (χ2n) is 5.71. The first-order valence-corrected chi connectivity index (χ1v) is 8.11. The normalized spacial score (nSPS) is 13.6. The van der Waals surface area contributed by atoms with Crippen molar-refractivity contribution >= 4 is 11.8 Å². The number of ether oxygens (including phenoxy) is 1. The van der Waals surface area contributed by atoms with Crippen LogP contribution in [-0.2, 0) is 4.79 Å². The second kappa shape index (κ2) is 7.64. The van der Waals surface area contributed by atoms with Crippen LogP contribution in [0.5, 0.6) is 11.5 Å². The molecule has 0 unspecified atom stereocenters. The van der Waals surface area contributed by atoms with Crippen molar-refractivity contribution in [1.29, 1.82) is 0 Å². The molecule has 1 aliphatic heterocycles. The zero-order valence-corrected chi connectivity index (χ0v) is 13.4. The molecule has 1 heterocycles. The van der Waals surface area contributed by atoms with Crippen molar-refractivity contribution in [3.63, 3.8) is 0 Å². The fraction of sp³-hybridized carbons (Fsp3) is 0.263. The molecule has 1 aliphatic rings. The van der Waals surface area contributed by atoms with E-state index in [0.717, 1.165) is 31.7 Å². The second-order valence-corrected chi connectivity index (χ2v) is 5.71. The van der Waals surface area contributed by atoms with E-state index in [1.807, 2.05) is 30.3 Å². The molecule has 3 rings (SSSR count). The smallest absolute Gasteiger partial charge is 0.251 e. The standard InChI is InChI=1S/C19H20N2O3/c22-18(21-12-4-5-13-21)14-20-19(23)15-8-10-17(11-9-15)24-16-6-2-1-3-7-16/h1-3,6-11H,4-5,12-14H2,(H,20,23). The number of para-hydroxylation sites is 1. The van der Waals surface area contributed by atoms with E-state index >= 15 is 0 Å². The molecule has 2 amide bonds. The Labute approximate surface area is 141 Å². The van der Waals surface area contributed by atoms with E-state index in [0.29, 0.717) is 11.3 Å². The van der Waals surface area contributed by atoms with Gasteiger partial charge in [-0.15, -0.1) is 0 Å². The molecule has 0 radical (unpaired) electrons. The van der Waals surface area contributed by atoms with Crippen molar-refractivity contribution in [1.82, 2.24) is 10.2 Å². The monoisotopic (exact) mass is 324 g/mol. The highest BCUT2D eigenvalue weighted by Crippen LogP contribution is 2.21. The summed E-state index contributed by atoms with van der Waals surface area (Å²) in [5.41, 5.74) is 0.504. The van der Waals surface area contributed by atoms with Gasteiger partial charge in [0.1, 0.15) is 11.5 Å². The van der Waals surface area contributed by atoms with Crippen LogP contribution >= 0.6 is 0 Å². The zero-order chi connectivity index (χ0) is 16.8. The topological polar surface area (TPSA) is 58.6 Å². The number of carbonyl (C=O) groups is 2. The summed E-state index contributed by atoms with van der Waals surface area (Å²) in [4.78, 5) is 25.8. The number of nitrogens with zero attached hydrogens (tertiary/aromatic N) is 1. The Morgan fingerprint density at radius 2 is 1.54 bits per heavy atom. The van der Waals surface area contributed by atoms with E-state index in [4.69, 9.17) is 4.74 Å². The highest BCUT2D eigenvalue weighted by atomic mass is 16.5. The van der Waals surface area contributed by atoms with Crippen LogP contribution < -0.4 is 10.1 Å². The largest absolute Gasteiger partial charge is 0.457 e. The van der Waals surface area contributed by atoms with Crippen molar-refractivity contribution in [3.05, 3.63) is 60.2 Å². The third-order valence-corrected chi connectivity index (χ3v) is 3.95. The molecule has 2 aromatic carbocycles. The lowest BCUT2D eigenvalue weighted by atomic mass is 10.2. The summed E-state index contributed by atoms with van der Waals surface area (Å²) in [6.45, 7) is 1.63. The summed E-state index contributed by atoms with van der Waals surface area (Å²) in [6.07, 6.45) is 2.09. The first-order chi connectivity index (χ1) is 11.7. The van der Waals surface area contributed by atoms with Crippen molar-refractivity contribution in [2.24, 2.45) is 0 Å². The predicted molar refractivity (Wildman–Crippen MR) is 91.1 cm³/mol. The predicted octanol–water partition coefficient (Wildman–Crippen LogP) is 2.83. The van der Waals surface area contributed by atoms with E-state index in [9.17, 15) is 9.59 Å². The van der Waals surface area contributed by atoms with Crippen molar-refractivity contribution in [2.75, 3.05) is 19.6 Å². The molecule has 1 N–H and O–H groups in total. The number of benzene rings is 2. The molecular weight excluding hydrogens is 304 g/mol. The molecule has 2 aromatic rings. The fourth-order valence-electron chi connectivity index (χ4n) is 2.64. The summed E-state index contributed by atoms with van der Waals surface area (Å²) in [6, 6.07) is 16.3. The van der Waals surface area contributed by atoms with Gasteiger partial charge in [-0.3, -0.25) is 9.59 Å². The van der Waals surface area contributed by atoms with Crippen molar-refractivity contribution in [2.45, 2.75) is 12.8 Å². The highest BCUT2D eigenvalue weighted by Gasteiger charge is 2.18. The molecule has 0 aliphatic carbocycles.